The van der Waals surface area contributed by atoms with Gasteiger partial charge in [0.2, 0.25) is 0 Å². The van der Waals surface area contributed by atoms with Crippen molar-refractivity contribution in [3.63, 3.8) is 0 Å². The number of benzene rings is 2. The molecule has 0 unspecified atom stereocenters. The molecule has 4 rings (SSSR count). The monoisotopic (exact) mass is 509 g/mol. The Morgan fingerprint density at radius 2 is 1.76 bits per heavy atom. The zero-order valence-electron chi connectivity index (χ0n) is 21.9. The maximum Gasteiger partial charge on any atom is 0.328 e. The summed E-state index contributed by atoms with van der Waals surface area (Å²) in [6.45, 7) is 6.58. The molecule has 198 valence electrons. The number of rotatable bonds is 10. The lowest BCUT2D eigenvalue weighted by Gasteiger charge is -2.27. The highest BCUT2D eigenvalue weighted by Gasteiger charge is 2.28. The van der Waals surface area contributed by atoms with Crippen molar-refractivity contribution in [3.05, 3.63) is 59.3 Å². The molecule has 2 aromatic carbocycles. The summed E-state index contributed by atoms with van der Waals surface area (Å²) in [6, 6.07) is 12.4. The van der Waals surface area contributed by atoms with Gasteiger partial charge in [0, 0.05) is 49.7 Å². The fourth-order valence-electron chi connectivity index (χ4n) is 4.87. The molecule has 37 heavy (non-hydrogen) atoms. The van der Waals surface area contributed by atoms with Crippen LogP contribution in [0.5, 0.6) is 11.5 Å². The van der Waals surface area contributed by atoms with Crippen LogP contribution >= 0.6 is 0 Å². The van der Waals surface area contributed by atoms with E-state index in [1.165, 1.54) is 7.11 Å². The van der Waals surface area contributed by atoms with Crippen LogP contribution in [0.25, 0.3) is 10.9 Å². The lowest BCUT2D eigenvalue weighted by Crippen LogP contribution is -2.43. The van der Waals surface area contributed by atoms with Gasteiger partial charge in [0.05, 0.1) is 45.6 Å². The molecule has 0 bridgehead atoms. The number of morpholine rings is 1. The normalized spacial score (nSPS) is 14.8. The summed E-state index contributed by atoms with van der Waals surface area (Å²) < 4.78 is 23.8. The van der Waals surface area contributed by atoms with Crippen LogP contribution < -0.4 is 14.8 Å². The summed E-state index contributed by atoms with van der Waals surface area (Å²) in [5.74, 6) is 0.347. The van der Waals surface area contributed by atoms with Crippen molar-refractivity contribution in [3.8, 4) is 11.5 Å². The van der Waals surface area contributed by atoms with Gasteiger partial charge in [0.25, 0.3) is 5.91 Å². The SMILES string of the molecule is COC(=O)[C@H](Cc1ccccc1)NC(=O)c1c(C)n(CCN2CCOCC2)c2c(OC)cc(OC)cc12. The van der Waals surface area contributed by atoms with Gasteiger partial charge in [-0.15, -0.1) is 0 Å². The molecule has 9 heteroatoms. The standard InChI is InChI=1S/C28H35N3O6/c1-19-25(27(32)29-23(28(33)36-4)16-20-8-6-5-7-9-20)22-17-21(34-2)18-24(35-3)26(22)31(19)11-10-30-12-14-37-15-13-30/h5-9,17-18,23H,10-16H2,1-4H3,(H,29,32)/t23-/m0/s1. The van der Waals surface area contributed by atoms with Crippen molar-refractivity contribution < 1.29 is 28.5 Å². The van der Waals surface area contributed by atoms with Gasteiger partial charge in [0.15, 0.2) is 0 Å². The highest BCUT2D eigenvalue weighted by molar-refractivity contribution is 6.11. The number of hydrogen-bond acceptors (Lipinski definition) is 7. The number of carbonyl (C=O) groups is 2. The van der Waals surface area contributed by atoms with E-state index < -0.39 is 12.0 Å². The Hall–Kier alpha value is -3.56. The van der Waals surface area contributed by atoms with E-state index in [9.17, 15) is 9.59 Å². The minimum Gasteiger partial charge on any atom is -0.497 e. The first-order valence-electron chi connectivity index (χ1n) is 12.4. The van der Waals surface area contributed by atoms with Crippen LogP contribution in [0.15, 0.2) is 42.5 Å². The number of carbonyl (C=O) groups excluding carboxylic acids is 2. The van der Waals surface area contributed by atoms with Crippen molar-refractivity contribution in [1.82, 2.24) is 14.8 Å². The van der Waals surface area contributed by atoms with Gasteiger partial charge >= 0.3 is 5.97 Å². The van der Waals surface area contributed by atoms with Crippen LogP contribution in [0.2, 0.25) is 0 Å². The van der Waals surface area contributed by atoms with Crippen LogP contribution in [-0.2, 0) is 27.2 Å². The number of methoxy groups -OCH3 is 3. The molecule has 1 fully saturated rings. The lowest BCUT2D eigenvalue weighted by atomic mass is 10.0. The fraction of sp³-hybridized carbons (Fsp3) is 0.429. The van der Waals surface area contributed by atoms with E-state index in [0.29, 0.717) is 35.4 Å². The third-order valence-corrected chi connectivity index (χ3v) is 6.85. The molecule has 0 aliphatic carbocycles. The van der Waals surface area contributed by atoms with Crippen LogP contribution in [0, 0.1) is 6.92 Å². The van der Waals surface area contributed by atoms with Gasteiger partial charge in [-0.2, -0.15) is 0 Å². The Labute approximate surface area is 217 Å². The molecule has 0 spiro atoms. The number of esters is 1. The Morgan fingerprint density at radius 1 is 1.03 bits per heavy atom. The predicted molar refractivity (Wildman–Crippen MR) is 140 cm³/mol. The van der Waals surface area contributed by atoms with Gasteiger partial charge in [0.1, 0.15) is 17.5 Å². The summed E-state index contributed by atoms with van der Waals surface area (Å²) in [5.41, 5.74) is 3.01. The first-order valence-corrected chi connectivity index (χ1v) is 12.4. The van der Waals surface area contributed by atoms with Crippen LogP contribution in [-0.4, -0.2) is 81.6 Å². The zero-order valence-corrected chi connectivity index (χ0v) is 21.9. The zero-order chi connectivity index (χ0) is 26.4. The second kappa shape index (κ2) is 12.1. The number of aromatic nitrogens is 1. The summed E-state index contributed by atoms with van der Waals surface area (Å²) in [5, 5.41) is 3.63. The molecule has 1 N–H and O–H groups in total. The molecule has 9 nitrogen and oxygen atoms in total. The molecule has 2 heterocycles. The Bertz CT molecular complexity index is 1230. The Kier molecular flexibility index (Phi) is 8.68. The summed E-state index contributed by atoms with van der Waals surface area (Å²) in [4.78, 5) is 28.7. The summed E-state index contributed by atoms with van der Waals surface area (Å²) >= 11 is 0. The second-order valence-corrected chi connectivity index (χ2v) is 9.03. The lowest BCUT2D eigenvalue weighted by molar-refractivity contribution is -0.142. The number of nitrogens with zero attached hydrogens (tertiary/aromatic N) is 2. The van der Waals surface area contributed by atoms with Crippen LogP contribution in [0.1, 0.15) is 21.6 Å². The Balaban J connectivity index is 1.71. The van der Waals surface area contributed by atoms with Gasteiger partial charge < -0.3 is 28.8 Å². The van der Waals surface area contributed by atoms with Crippen molar-refractivity contribution >= 4 is 22.8 Å². The average Bonchev–Trinajstić information content (AvgIpc) is 3.22. The largest absolute Gasteiger partial charge is 0.497 e. The number of fused-ring (bicyclic) bond motifs is 1. The van der Waals surface area contributed by atoms with E-state index in [1.807, 2.05) is 49.4 Å². The third kappa shape index (κ3) is 5.89. The quantitative estimate of drug-likeness (QED) is 0.420. The van der Waals surface area contributed by atoms with E-state index in [0.717, 1.165) is 49.6 Å². The molecule has 0 saturated carbocycles. The van der Waals surface area contributed by atoms with E-state index in [2.05, 4.69) is 14.8 Å². The van der Waals surface area contributed by atoms with E-state index >= 15 is 0 Å². The van der Waals surface area contributed by atoms with Crippen molar-refractivity contribution in [2.24, 2.45) is 0 Å². The molecule has 0 radical (unpaired) electrons. The molecule has 1 aliphatic heterocycles. The third-order valence-electron chi connectivity index (χ3n) is 6.85. The van der Waals surface area contributed by atoms with Crippen LogP contribution in [0.3, 0.4) is 0 Å². The molecule has 1 aliphatic rings. The van der Waals surface area contributed by atoms with Crippen molar-refractivity contribution in [2.75, 3.05) is 54.2 Å². The fourth-order valence-corrected chi connectivity index (χ4v) is 4.87. The molecule has 3 aromatic rings. The van der Waals surface area contributed by atoms with Gasteiger partial charge in [-0.1, -0.05) is 30.3 Å². The minimum absolute atomic E-state index is 0.320. The number of nitrogens with one attached hydrogen (secondary N) is 1. The molecule has 1 atom stereocenters. The minimum atomic E-state index is -0.835. The summed E-state index contributed by atoms with van der Waals surface area (Å²) in [7, 11) is 4.51. The predicted octanol–water partition coefficient (Wildman–Crippen LogP) is 2.81. The Morgan fingerprint density at radius 3 is 2.41 bits per heavy atom. The maximum absolute atomic E-state index is 13.8. The van der Waals surface area contributed by atoms with E-state index in [1.54, 1.807) is 14.2 Å². The van der Waals surface area contributed by atoms with Crippen LogP contribution in [0.4, 0.5) is 0 Å². The number of ether oxygens (including phenoxy) is 4. The van der Waals surface area contributed by atoms with Crippen molar-refractivity contribution in [2.45, 2.75) is 25.9 Å². The molecular formula is C28H35N3O6. The highest BCUT2D eigenvalue weighted by Crippen LogP contribution is 2.37. The topological polar surface area (TPSA) is 91.3 Å². The molecule has 1 amide bonds. The number of hydrogen-bond donors (Lipinski definition) is 1. The number of amides is 1. The van der Waals surface area contributed by atoms with Gasteiger partial charge in [-0.3, -0.25) is 9.69 Å². The second-order valence-electron chi connectivity index (χ2n) is 9.03. The van der Waals surface area contributed by atoms with Gasteiger partial charge in [-0.05, 0) is 18.6 Å². The van der Waals surface area contributed by atoms with Gasteiger partial charge in [-0.25, -0.2) is 4.79 Å². The molecular weight excluding hydrogens is 474 g/mol. The summed E-state index contributed by atoms with van der Waals surface area (Å²) in [6.07, 6.45) is 0.320. The van der Waals surface area contributed by atoms with E-state index in [-0.39, 0.29) is 5.91 Å². The first-order chi connectivity index (χ1) is 18.0. The van der Waals surface area contributed by atoms with E-state index in [4.69, 9.17) is 18.9 Å². The highest BCUT2D eigenvalue weighted by atomic mass is 16.5. The molecule has 1 saturated heterocycles. The smallest absolute Gasteiger partial charge is 0.328 e. The first kappa shape index (κ1) is 26.5. The maximum atomic E-state index is 13.8. The molecule has 1 aromatic heterocycles. The average molecular weight is 510 g/mol. The van der Waals surface area contributed by atoms with Crippen molar-refractivity contribution in [1.29, 1.82) is 0 Å².